The van der Waals surface area contributed by atoms with E-state index >= 15 is 0 Å². The summed E-state index contributed by atoms with van der Waals surface area (Å²) in [4.78, 5) is 0. The zero-order valence-corrected chi connectivity index (χ0v) is 9.44. The topological polar surface area (TPSA) is 43.8 Å². The van der Waals surface area contributed by atoms with Crippen molar-refractivity contribution in [3.63, 3.8) is 0 Å². The predicted molar refractivity (Wildman–Crippen MR) is 63.4 cm³/mol. The standard InChI is InChI=1S/C13H14FN3/c14-10-1-3-11(4-2-10)17-12(5-8-16-17)9-13(15)6-7-13/h1-5,8H,6-7,9,15H2. The van der Waals surface area contributed by atoms with Gasteiger partial charge in [-0.1, -0.05) is 0 Å². The molecule has 0 amide bonds. The van der Waals surface area contributed by atoms with Gasteiger partial charge in [0.25, 0.3) is 0 Å². The molecule has 4 heteroatoms. The summed E-state index contributed by atoms with van der Waals surface area (Å²) in [6, 6.07) is 8.30. The van der Waals surface area contributed by atoms with E-state index in [1.807, 2.05) is 10.7 Å². The maximum atomic E-state index is 12.9. The van der Waals surface area contributed by atoms with Crippen LogP contribution in [0.1, 0.15) is 18.5 Å². The van der Waals surface area contributed by atoms with Crippen molar-refractivity contribution in [3.8, 4) is 5.69 Å². The molecule has 0 saturated heterocycles. The molecule has 1 aromatic heterocycles. The van der Waals surface area contributed by atoms with Crippen LogP contribution >= 0.6 is 0 Å². The van der Waals surface area contributed by atoms with Crippen LogP contribution in [0.4, 0.5) is 4.39 Å². The molecule has 0 atom stereocenters. The SMILES string of the molecule is NC1(Cc2ccnn2-c2ccc(F)cc2)CC1. The normalized spacial score (nSPS) is 17.1. The van der Waals surface area contributed by atoms with Crippen LogP contribution in [0.2, 0.25) is 0 Å². The van der Waals surface area contributed by atoms with Crippen molar-refractivity contribution in [2.75, 3.05) is 0 Å². The molecule has 88 valence electrons. The van der Waals surface area contributed by atoms with Crippen molar-refractivity contribution in [1.29, 1.82) is 0 Å². The summed E-state index contributed by atoms with van der Waals surface area (Å²) < 4.78 is 14.7. The Morgan fingerprint density at radius 3 is 2.59 bits per heavy atom. The molecular weight excluding hydrogens is 217 g/mol. The van der Waals surface area contributed by atoms with Gasteiger partial charge in [0.2, 0.25) is 0 Å². The fourth-order valence-corrected chi connectivity index (χ4v) is 1.98. The van der Waals surface area contributed by atoms with Crippen LogP contribution in [0.3, 0.4) is 0 Å². The van der Waals surface area contributed by atoms with E-state index in [2.05, 4.69) is 5.10 Å². The molecule has 0 bridgehead atoms. The number of hydrogen-bond donors (Lipinski definition) is 1. The number of benzene rings is 1. The minimum absolute atomic E-state index is 0.0438. The average molecular weight is 231 g/mol. The number of nitrogens with two attached hydrogens (primary N) is 1. The smallest absolute Gasteiger partial charge is 0.123 e. The molecule has 0 unspecified atom stereocenters. The van der Waals surface area contributed by atoms with E-state index in [9.17, 15) is 4.39 Å². The van der Waals surface area contributed by atoms with Crippen LogP contribution in [0.15, 0.2) is 36.5 Å². The van der Waals surface area contributed by atoms with Gasteiger partial charge in [-0.25, -0.2) is 9.07 Å². The second-order valence-electron chi connectivity index (χ2n) is 4.75. The Morgan fingerprint density at radius 1 is 1.24 bits per heavy atom. The van der Waals surface area contributed by atoms with Crippen molar-refractivity contribution < 1.29 is 4.39 Å². The Hall–Kier alpha value is -1.68. The van der Waals surface area contributed by atoms with Gasteiger partial charge in [0.15, 0.2) is 0 Å². The minimum Gasteiger partial charge on any atom is -0.325 e. The lowest BCUT2D eigenvalue weighted by atomic mass is 10.1. The van der Waals surface area contributed by atoms with Gasteiger partial charge in [-0.15, -0.1) is 0 Å². The summed E-state index contributed by atoms with van der Waals surface area (Å²) in [5.41, 5.74) is 8.02. The van der Waals surface area contributed by atoms with E-state index in [0.29, 0.717) is 0 Å². The quantitative estimate of drug-likeness (QED) is 0.878. The zero-order valence-electron chi connectivity index (χ0n) is 9.44. The van der Waals surface area contributed by atoms with E-state index in [-0.39, 0.29) is 11.4 Å². The second kappa shape index (κ2) is 3.67. The Balaban J connectivity index is 1.92. The van der Waals surface area contributed by atoms with E-state index in [1.165, 1.54) is 12.1 Å². The van der Waals surface area contributed by atoms with Crippen LogP contribution in [-0.2, 0) is 6.42 Å². The van der Waals surface area contributed by atoms with Crippen molar-refractivity contribution in [1.82, 2.24) is 9.78 Å². The van der Waals surface area contributed by atoms with Gasteiger partial charge in [-0.05, 0) is 43.2 Å². The van der Waals surface area contributed by atoms with Crippen LogP contribution in [0.5, 0.6) is 0 Å². The fraction of sp³-hybridized carbons (Fsp3) is 0.308. The molecule has 1 saturated carbocycles. The summed E-state index contributed by atoms with van der Waals surface area (Å²) in [7, 11) is 0. The number of nitrogens with zero attached hydrogens (tertiary/aromatic N) is 2. The summed E-state index contributed by atoms with van der Waals surface area (Å²) >= 11 is 0. The van der Waals surface area contributed by atoms with Crippen LogP contribution in [0.25, 0.3) is 5.69 Å². The first-order valence-corrected chi connectivity index (χ1v) is 5.74. The average Bonchev–Trinajstić information content (AvgIpc) is 2.86. The number of rotatable bonds is 3. The van der Waals surface area contributed by atoms with Gasteiger partial charge in [0, 0.05) is 23.9 Å². The van der Waals surface area contributed by atoms with E-state index < -0.39 is 0 Å². The molecule has 17 heavy (non-hydrogen) atoms. The second-order valence-corrected chi connectivity index (χ2v) is 4.75. The highest BCUT2D eigenvalue weighted by Crippen LogP contribution is 2.35. The van der Waals surface area contributed by atoms with Crippen LogP contribution < -0.4 is 5.73 Å². The molecule has 2 N–H and O–H groups in total. The maximum absolute atomic E-state index is 12.9. The lowest BCUT2D eigenvalue weighted by molar-refractivity contribution is 0.623. The van der Waals surface area contributed by atoms with Gasteiger partial charge in [0.05, 0.1) is 5.69 Å². The van der Waals surface area contributed by atoms with Gasteiger partial charge < -0.3 is 5.73 Å². The summed E-state index contributed by atoms with van der Waals surface area (Å²) in [6.07, 6.45) is 4.72. The summed E-state index contributed by atoms with van der Waals surface area (Å²) in [6.45, 7) is 0. The van der Waals surface area contributed by atoms with Gasteiger partial charge in [-0.3, -0.25) is 0 Å². The molecule has 0 spiro atoms. The van der Waals surface area contributed by atoms with Crippen LogP contribution in [0, 0.1) is 5.82 Å². The first-order chi connectivity index (χ1) is 8.16. The molecule has 1 aromatic carbocycles. The fourth-order valence-electron chi connectivity index (χ4n) is 1.98. The lowest BCUT2D eigenvalue weighted by Gasteiger charge is -2.11. The number of hydrogen-bond acceptors (Lipinski definition) is 2. The molecule has 0 radical (unpaired) electrons. The van der Waals surface area contributed by atoms with Crippen molar-refractivity contribution >= 4 is 0 Å². The molecule has 3 rings (SSSR count). The third-order valence-electron chi connectivity index (χ3n) is 3.22. The van der Waals surface area contributed by atoms with Gasteiger partial charge in [-0.2, -0.15) is 5.10 Å². The minimum atomic E-state index is -0.236. The predicted octanol–water partition coefficient (Wildman–Crippen LogP) is 2.05. The zero-order chi connectivity index (χ0) is 11.9. The van der Waals surface area contributed by atoms with E-state index in [1.54, 1.807) is 18.3 Å². The molecule has 1 fully saturated rings. The molecule has 2 aromatic rings. The Morgan fingerprint density at radius 2 is 1.94 bits per heavy atom. The number of halogens is 1. The van der Waals surface area contributed by atoms with E-state index in [0.717, 1.165) is 30.6 Å². The van der Waals surface area contributed by atoms with Gasteiger partial charge in [0.1, 0.15) is 5.82 Å². The monoisotopic (exact) mass is 231 g/mol. The summed E-state index contributed by atoms with van der Waals surface area (Å²) in [5.74, 6) is -0.236. The third kappa shape index (κ3) is 2.08. The maximum Gasteiger partial charge on any atom is 0.123 e. The van der Waals surface area contributed by atoms with Gasteiger partial charge >= 0.3 is 0 Å². The van der Waals surface area contributed by atoms with E-state index in [4.69, 9.17) is 5.73 Å². The molecule has 1 aliphatic rings. The Kier molecular flexibility index (Phi) is 2.26. The summed E-state index contributed by atoms with van der Waals surface area (Å²) in [5, 5.41) is 4.27. The number of aromatic nitrogens is 2. The lowest BCUT2D eigenvalue weighted by Crippen LogP contribution is -2.25. The molecular formula is C13H14FN3. The first kappa shape index (κ1) is 10.5. The van der Waals surface area contributed by atoms with Crippen molar-refractivity contribution in [2.24, 2.45) is 5.73 Å². The highest BCUT2D eigenvalue weighted by Gasteiger charge is 2.38. The van der Waals surface area contributed by atoms with Crippen molar-refractivity contribution in [3.05, 3.63) is 48.0 Å². The highest BCUT2D eigenvalue weighted by atomic mass is 19.1. The first-order valence-electron chi connectivity index (χ1n) is 5.74. The largest absolute Gasteiger partial charge is 0.325 e. The van der Waals surface area contributed by atoms with Crippen molar-refractivity contribution in [2.45, 2.75) is 24.8 Å². The van der Waals surface area contributed by atoms with Crippen LogP contribution in [-0.4, -0.2) is 15.3 Å². The third-order valence-corrected chi connectivity index (χ3v) is 3.22. The molecule has 3 nitrogen and oxygen atoms in total. The Labute approximate surface area is 99.1 Å². The molecule has 0 aliphatic heterocycles. The molecule has 1 heterocycles. The molecule has 1 aliphatic carbocycles. The highest BCUT2D eigenvalue weighted by molar-refractivity contribution is 5.33. The Bertz CT molecular complexity index is 526.